The van der Waals surface area contributed by atoms with Crippen LogP contribution in [0.5, 0.6) is 0 Å². The van der Waals surface area contributed by atoms with Gasteiger partial charge in [-0.2, -0.15) is 5.10 Å². The van der Waals surface area contributed by atoms with Gasteiger partial charge in [-0.05, 0) is 34.1 Å². The molecule has 0 atom stereocenters. The van der Waals surface area contributed by atoms with Gasteiger partial charge in [0.15, 0.2) is 5.69 Å². The zero-order valence-electron chi connectivity index (χ0n) is 10.2. The van der Waals surface area contributed by atoms with E-state index in [2.05, 4.69) is 26.3 Å². The van der Waals surface area contributed by atoms with Crippen LogP contribution in [-0.4, -0.2) is 26.8 Å². The highest BCUT2D eigenvalue weighted by molar-refractivity contribution is 9.10. The van der Waals surface area contributed by atoms with Crippen molar-refractivity contribution in [3.63, 3.8) is 0 Å². The molecule has 0 aliphatic heterocycles. The summed E-state index contributed by atoms with van der Waals surface area (Å²) >= 11 is 9.15. The van der Waals surface area contributed by atoms with Gasteiger partial charge in [-0.25, -0.2) is 4.79 Å². The number of aromatic nitrogens is 2. The maximum atomic E-state index is 12.0. The maximum Gasteiger partial charge on any atom is 0.339 e. The average molecular weight is 359 g/mol. The summed E-state index contributed by atoms with van der Waals surface area (Å²) in [5.74, 6) is -1.82. The standard InChI is InChI=1S/C12H9BrClN3O3/c1-17-5-7(12(19)20)10(16-17)11(18)15-6-2-3-8(13)9(14)4-6/h2-5H,1H3,(H,15,18)(H,19,20). The van der Waals surface area contributed by atoms with Crippen LogP contribution in [0.4, 0.5) is 5.69 Å². The Labute approximate surface area is 127 Å². The Morgan fingerprint density at radius 1 is 1.45 bits per heavy atom. The number of benzene rings is 1. The molecule has 8 heteroatoms. The molecule has 0 saturated carbocycles. The molecule has 20 heavy (non-hydrogen) atoms. The maximum absolute atomic E-state index is 12.0. The number of carboxylic acid groups (broad SMARTS) is 1. The fourth-order valence-electron chi connectivity index (χ4n) is 1.58. The number of hydrogen-bond acceptors (Lipinski definition) is 3. The van der Waals surface area contributed by atoms with Crippen molar-refractivity contribution in [2.24, 2.45) is 7.05 Å². The normalized spacial score (nSPS) is 10.3. The summed E-state index contributed by atoms with van der Waals surface area (Å²) in [6, 6.07) is 4.86. The van der Waals surface area contributed by atoms with E-state index in [1.807, 2.05) is 0 Å². The number of rotatable bonds is 3. The second-order valence-electron chi connectivity index (χ2n) is 3.95. The van der Waals surface area contributed by atoms with Crippen LogP contribution < -0.4 is 5.32 Å². The Morgan fingerprint density at radius 2 is 2.15 bits per heavy atom. The SMILES string of the molecule is Cn1cc(C(=O)O)c(C(=O)Nc2ccc(Br)c(Cl)c2)n1. The van der Waals surface area contributed by atoms with E-state index in [1.54, 1.807) is 25.2 Å². The minimum atomic E-state index is -1.21. The fourth-order valence-corrected chi connectivity index (χ4v) is 2.00. The van der Waals surface area contributed by atoms with Crippen molar-refractivity contribution in [2.45, 2.75) is 0 Å². The lowest BCUT2D eigenvalue weighted by atomic mass is 10.2. The van der Waals surface area contributed by atoms with Gasteiger partial charge in [0.2, 0.25) is 0 Å². The van der Waals surface area contributed by atoms with Gasteiger partial charge in [0.25, 0.3) is 5.91 Å². The number of carboxylic acids is 1. The Morgan fingerprint density at radius 3 is 2.75 bits per heavy atom. The second-order valence-corrected chi connectivity index (χ2v) is 5.21. The Bertz CT molecular complexity index is 699. The molecule has 0 aliphatic rings. The highest BCUT2D eigenvalue weighted by atomic mass is 79.9. The van der Waals surface area contributed by atoms with E-state index in [1.165, 1.54) is 10.9 Å². The first-order valence-corrected chi connectivity index (χ1v) is 6.59. The number of aryl methyl sites for hydroxylation is 1. The molecule has 1 amide bonds. The lowest BCUT2D eigenvalue weighted by Crippen LogP contribution is -2.16. The Balaban J connectivity index is 2.28. The summed E-state index contributed by atoms with van der Waals surface area (Å²) < 4.78 is 1.97. The molecule has 6 nitrogen and oxygen atoms in total. The summed E-state index contributed by atoms with van der Waals surface area (Å²) in [7, 11) is 1.54. The monoisotopic (exact) mass is 357 g/mol. The quantitative estimate of drug-likeness (QED) is 0.883. The Hall–Kier alpha value is -1.86. The van der Waals surface area contributed by atoms with Crippen molar-refractivity contribution in [3.05, 3.63) is 45.1 Å². The molecular weight excluding hydrogens is 350 g/mol. The van der Waals surface area contributed by atoms with Gasteiger partial charge in [0.05, 0.1) is 5.02 Å². The molecule has 0 fully saturated rings. The molecule has 1 aromatic heterocycles. The lowest BCUT2D eigenvalue weighted by molar-refractivity contribution is 0.0692. The van der Waals surface area contributed by atoms with E-state index in [4.69, 9.17) is 16.7 Å². The third-order valence-corrected chi connectivity index (χ3v) is 3.68. The van der Waals surface area contributed by atoms with Crippen LogP contribution in [0.25, 0.3) is 0 Å². The zero-order chi connectivity index (χ0) is 14.9. The van der Waals surface area contributed by atoms with Gasteiger partial charge >= 0.3 is 5.97 Å². The molecule has 2 rings (SSSR count). The van der Waals surface area contributed by atoms with Gasteiger partial charge in [-0.1, -0.05) is 11.6 Å². The van der Waals surface area contributed by atoms with Crippen molar-refractivity contribution in [2.75, 3.05) is 5.32 Å². The van der Waals surface area contributed by atoms with Crippen LogP contribution >= 0.6 is 27.5 Å². The molecule has 0 bridgehead atoms. The number of hydrogen-bond donors (Lipinski definition) is 2. The molecular formula is C12H9BrClN3O3. The predicted molar refractivity (Wildman–Crippen MR) is 77.3 cm³/mol. The van der Waals surface area contributed by atoms with Crippen LogP contribution in [0.15, 0.2) is 28.9 Å². The largest absolute Gasteiger partial charge is 0.478 e. The molecule has 1 aromatic carbocycles. The summed E-state index contributed by atoms with van der Waals surface area (Å²) in [6.07, 6.45) is 1.27. The number of aromatic carboxylic acids is 1. The number of nitrogens with one attached hydrogen (secondary N) is 1. The number of halogens is 2. The number of nitrogens with zero attached hydrogens (tertiary/aromatic N) is 2. The summed E-state index contributed by atoms with van der Waals surface area (Å²) in [5, 5.41) is 15.8. The molecule has 0 spiro atoms. The van der Waals surface area contributed by atoms with Gasteiger partial charge in [-0.3, -0.25) is 9.48 Å². The molecule has 104 valence electrons. The number of amides is 1. The average Bonchev–Trinajstić information content (AvgIpc) is 2.76. The third kappa shape index (κ3) is 3.00. The van der Waals surface area contributed by atoms with Crippen LogP contribution in [-0.2, 0) is 7.05 Å². The van der Waals surface area contributed by atoms with Gasteiger partial charge in [0, 0.05) is 23.4 Å². The van der Waals surface area contributed by atoms with Gasteiger partial charge < -0.3 is 10.4 Å². The zero-order valence-corrected chi connectivity index (χ0v) is 12.6. The molecule has 0 radical (unpaired) electrons. The number of carbonyl (C=O) groups is 2. The number of carbonyl (C=O) groups excluding carboxylic acids is 1. The first-order valence-electron chi connectivity index (χ1n) is 5.42. The minimum absolute atomic E-state index is 0.154. The summed E-state index contributed by atoms with van der Waals surface area (Å²) in [5.41, 5.74) is 0.137. The van der Waals surface area contributed by atoms with E-state index >= 15 is 0 Å². The summed E-state index contributed by atoms with van der Waals surface area (Å²) in [4.78, 5) is 23.1. The first kappa shape index (κ1) is 14.5. The van der Waals surface area contributed by atoms with Crippen LogP contribution in [0.3, 0.4) is 0 Å². The van der Waals surface area contributed by atoms with Gasteiger partial charge in [0.1, 0.15) is 5.56 Å². The van der Waals surface area contributed by atoms with Crippen molar-refractivity contribution in [1.82, 2.24) is 9.78 Å². The molecule has 0 aliphatic carbocycles. The molecule has 2 aromatic rings. The lowest BCUT2D eigenvalue weighted by Gasteiger charge is -2.05. The van der Waals surface area contributed by atoms with Crippen molar-refractivity contribution in [1.29, 1.82) is 0 Å². The second kappa shape index (κ2) is 5.64. The number of anilines is 1. The topological polar surface area (TPSA) is 84.2 Å². The van der Waals surface area contributed by atoms with E-state index in [0.717, 1.165) is 0 Å². The smallest absolute Gasteiger partial charge is 0.339 e. The third-order valence-electron chi connectivity index (χ3n) is 2.45. The first-order chi connectivity index (χ1) is 9.38. The minimum Gasteiger partial charge on any atom is -0.478 e. The molecule has 0 unspecified atom stereocenters. The Kier molecular flexibility index (Phi) is 4.10. The molecule has 2 N–H and O–H groups in total. The van der Waals surface area contributed by atoms with Crippen LogP contribution in [0.1, 0.15) is 20.8 Å². The fraction of sp³-hybridized carbons (Fsp3) is 0.0833. The van der Waals surface area contributed by atoms with Crippen LogP contribution in [0.2, 0.25) is 5.02 Å². The van der Waals surface area contributed by atoms with E-state index in [9.17, 15) is 9.59 Å². The summed E-state index contributed by atoms with van der Waals surface area (Å²) in [6.45, 7) is 0. The van der Waals surface area contributed by atoms with E-state index in [0.29, 0.717) is 15.2 Å². The van der Waals surface area contributed by atoms with Crippen molar-refractivity contribution < 1.29 is 14.7 Å². The highest BCUT2D eigenvalue weighted by Crippen LogP contribution is 2.25. The highest BCUT2D eigenvalue weighted by Gasteiger charge is 2.21. The van der Waals surface area contributed by atoms with E-state index < -0.39 is 11.9 Å². The molecule has 0 saturated heterocycles. The van der Waals surface area contributed by atoms with Crippen molar-refractivity contribution >= 4 is 45.1 Å². The predicted octanol–water partition coefficient (Wildman–Crippen LogP) is 2.79. The van der Waals surface area contributed by atoms with Crippen LogP contribution in [0, 0.1) is 0 Å². The molecule has 1 heterocycles. The van der Waals surface area contributed by atoms with E-state index in [-0.39, 0.29) is 11.3 Å². The van der Waals surface area contributed by atoms with Gasteiger partial charge in [-0.15, -0.1) is 0 Å². The van der Waals surface area contributed by atoms with Crippen molar-refractivity contribution in [3.8, 4) is 0 Å².